The summed E-state index contributed by atoms with van der Waals surface area (Å²) in [6, 6.07) is 5.97. The van der Waals surface area contributed by atoms with Gasteiger partial charge in [0.05, 0.1) is 13.2 Å². The van der Waals surface area contributed by atoms with Crippen LogP contribution in [0.3, 0.4) is 0 Å². The van der Waals surface area contributed by atoms with E-state index in [1.54, 1.807) is 7.11 Å². The maximum Gasteiger partial charge on any atom is 0.188 e. The molecule has 0 amide bonds. The van der Waals surface area contributed by atoms with Crippen molar-refractivity contribution in [1.29, 1.82) is 0 Å². The predicted molar refractivity (Wildman–Crippen MR) is 47.4 cm³/mol. The molecule has 0 N–H and O–H groups in total. The highest BCUT2D eigenvalue weighted by Gasteiger charge is 2.15. The first kappa shape index (κ1) is 8.53. The number of rotatable bonds is 3. The Labute approximate surface area is 77.2 Å². The van der Waals surface area contributed by atoms with Gasteiger partial charge in [-0.2, -0.15) is 0 Å². The molecule has 0 aliphatic carbocycles. The molecule has 0 atom stereocenters. The quantitative estimate of drug-likeness (QED) is 0.662. The number of methoxy groups -OCH3 is 1. The summed E-state index contributed by atoms with van der Waals surface area (Å²) >= 11 is 0. The van der Waals surface area contributed by atoms with E-state index in [1.807, 2.05) is 12.1 Å². The van der Waals surface area contributed by atoms with Crippen LogP contribution in [-0.2, 0) is 22.7 Å². The average molecular weight is 180 g/mol. The van der Waals surface area contributed by atoms with Crippen molar-refractivity contribution in [2.45, 2.75) is 13.2 Å². The lowest BCUT2D eigenvalue weighted by Gasteiger charge is -2.07. The standard InChI is InChI=1S/C10H12O3/c1-11-7-13-10-4-2-3-8-5-12-6-9(8)10/h2-4H,5-7H2,1H3. The highest BCUT2D eigenvalue weighted by Crippen LogP contribution is 2.28. The van der Waals surface area contributed by atoms with Crippen LogP contribution in [0.2, 0.25) is 0 Å². The maximum absolute atomic E-state index is 5.40. The van der Waals surface area contributed by atoms with Gasteiger partial charge in [-0.15, -0.1) is 0 Å². The molecule has 1 aromatic carbocycles. The van der Waals surface area contributed by atoms with Gasteiger partial charge >= 0.3 is 0 Å². The van der Waals surface area contributed by atoms with Crippen LogP contribution in [0.15, 0.2) is 18.2 Å². The first-order valence-electron chi connectivity index (χ1n) is 4.22. The topological polar surface area (TPSA) is 27.7 Å². The van der Waals surface area contributed by atoms with Gasteiger partial charge in [0, 0.05) is 12.7 Å². The van der Waals surface area contributed by atoms with Gasteiger partial charge in [-0.25, -0.2) is 0 Å². The molecule has 0 bridgehead atoms. The van der Waals surface area contributed by atoms with Crippen molar-refractivity contribution in [3.63, 3.8) is 0 Å². The van der Waals surface area contributed by atoms with Crippen LogP contribution in [0, 0.1) is 0 Å². The zero-order chi connectivity index (χ0) is 9.10. The summed E-state index contributed by atoms with van der Waals surface area (Å²) in [6.45, 7) is 1.63. The predicted octanol–water partition coefficient (Wildman–Crippen LogP) is 1.70. The minimum atomic E-state index is 0.288. The summed E-state index contributed by atoms with van der Waals surface area (Å²) in [4.78, 5) is 0. The van der Waals surface area contributed by atoms with Crippen molar-refractivity contribution in [1.82, 2.24) is 0 Å². The zero-order valence-electron chi connectivity index (χ0n) is 7.58. The van der Waals surface area contributed by atoms with Crippen LogP contribution in [0.4, 0.5) is 0 Å². The molecule has 70 valence electrons. The molecule has 0 aromatic heterocycles. The first-order valence-corrected chi connectivity index (χ1v) is 4.22. The lowest BCUT2D eigenvalue weighted by atomic mass is 10.1. The van der Waals surface area contributed by atoms with Crippen molar-refractivity contribution in [3.05, 3.63) is 29.3 Å². The Kier molecular flexibility index (Phi) is 2.47. The van der Waals surface area contributed by atoms with E-state index in [2.05, 4.69) is 6.07 Å². The van der Waals surface area contributed by atoms with Gasteiger partial charge in [0.15, 0.2) is 6.79 Å². The fourth-order valence-corrected chi connectivity index (χ4v) is 1.43. The summed E-state index contributed by atoms with van der Waals surface area (Å²) in [5.74, 6) is 0.872. The molecule has 0 saturated heterocycles. The second-order valence-corrected chi connectivity index (χ2v) is 2.94. The van der Waals surface area contributed by atoms with E-state index in [1.165, 1.54) is 5.56 Å². The first-order chi connectivity index (χ1) is 6.42. The highest BCUT2D eigenvalue weighted by molar-refractivity contribution is 5.41. The monoisotopic (exact) mass is 180 g/mol. The Morgan fingerprint density at radius 3 is 3.15 bits per heavy atom. The lowest BCUT2D eigenvalue weighted by Crippen LogP contribution is -2.01. The van der Waals surface area contributed by atoms with E-state index < -0.39 is 0 Å². The van der Waals surface area contributed by atoms with E-state index in [4.69, 9.17) is 14.2 Å². The van der Waals surface area contributed by atoms with Gasteiger partial charge in [-0.05, 0) is 11.6 Å². The molecule has 1 aliphatic heterocycles. The number of hydrogen-bond donors (Lipinski definition) is 0. The average Bonchev–Trinajstić information content (AvgIpc) is 2.62. The Bertz CT molecular complexity index is 296. The van der Waals surface area contributed by atoms with Crippen molar-refractivity contribution in [3.8, 4) is 5.75 Å². The van der Waals surface area contributed by atoms with Crippen LogP contribution < -0.4 is 4.74 Å². The Morgan fingerprint density at radius 1 is 1.38 bits per heavy atom. The molecule has 0 saturated carbocycles. The second-order valence-electron chi connectivity index (χ2n) is 2.94. The van der Waals surface area contributed by atoms with Crippen molar-refractivity contribution >= 4 is 0 Å². The van der Waals surface area contributed by atoms with Crippen molar-refractivity contribution < 1.29 is 14.2 Å². The van der Waals surface area contributed by atoms with E-state index in [0.29, 0.717) is 13.2 Å². The molecule has 13 heavy (non-hydrogen) atoms. The van der Waals surface area contributed by atoms with Gasteiger partial charge in [-0.1, -0.05) is 12.1 Å². The molecule has 0 fully saturated rings. The van der Waals surface area contributed by atoms with Crippen LogP contribution >= 0.6 is 0 Å². The van der Waals surface area contributed by atoms with E-state index in [-0.39, 0.29) is 6.79 Å². The van der Waals surface area contributed by atoms with Crippen molar-refractivity contribution in [2.75, 3.05) is 13.9 Å². The van der Waals surface area contributed by atoms with Crippen LogP contribution in [0.25, 0.3) is 0 Å². The molecule has 2 rings (SSSR count). The number of fused-ring (bicyclic) bond motifs is 1. The SMILES string of the molecule is COCOc1cccc2c1COC2. The molecule has 1 aromatic rings. The van der Waals surface area contributed by atoms with E-state index in [9.17, 15) is 0 Å². The Hall–Kier alpha value is -1.06. The largest absolute Gasteiger partial charge is 0.467 e. The normalized spacial score (nSPS) is 14.2. The number of hydrogen-bond acceptors (Lipinski definition) is 3. The summed E-state index contributed by atoms with van der Waals surface area (Å²) in [5.41, 5.74) is 2.37. The molecule has 1 aliphatic rings. The van der Waals surface area contributed by atoms with Crippen LogP contribution in [0.1, 0.15) is 11.1 Å². The number of ether oxygens (including phenoxy) is 3. The molecule has 1 heterocycles. The third kappa shape index (κ3) is 1.66. The molecule has 0 unspecified atom stereocenters. The van der Waals surface area contributed by atoms with Crippen LogP contribution in [0.5, 0.6) is 5.75 Å². The fourth-order valence-electron chi connectivity index (χ4n) is 1.43. The van der Waals surface area contributed by atoms with Gasteiger partial charge in [0.25, 0.3) is 0 Å². The second kappa shape index (κ2) is 3.77. The van der Waals surface area contributed by atoms with Gasteiger partial charge in [0.1, 0.15) is 5.75 Å². The Morgan fingerprint density at radius 2 is 2.31 bits per heavy atom. The van der Waals surface area contributed by atoms with Gasteiger partial charge in [-0.3, -0.25) is 0 Å². The summed E-state index contributed by atoms with van der Waals surface area (Å²) < 4.78 is 15.6. The lowest BCUT2D eigenvalue weighted by molar-refractivity contribution is 0.0492. The molecule has 0 spiro atoms. The number of benzene rings is 1. The smallest absolute Gasteiger partial charge is 0.188 e. The third-order valence-corrected chi connectivity index (χ3v) is 2.07. The van der Waals surface area contributed by atoms with Crippen LogP contribution in [-0.4, -0.2) is 13.9 Å². The molecule has 0 radical (unpaired) electrons. The molecule has 3 heteroatoms. The van der Waals surface area contributed by atoms with Gasteiger partial charge in [0.2, 0.25) is 0 Å². The fraction of sp³-hybridized carbons (Fsp3) is 0.400. The summed E-state index contributed by atoms with van der Waals surface area (Å²) in [7, 11) is 1.61. The van der Waals surface area contributed by atoms with Crippen molar-refractivity contribution in [2.24, 2.45) is 0 Å². The maximum atomic E-state index is 5.40. The highest BCUT2D eigenvalue weighted by atomic mass is 16.7. The van der Waals surface area contributed by atoms with E-state index >= 15 is 0 Å². The summed E-state index contributed by atoms with van der Waals surface area (Å²) in [5, 5.41) is 0. The Balaban J connectivity index is 2.20. The molecule has 3 nitrogen and oxygen atoms in total. The molecular weight excluding hydrogens is 168 g/mol. The minimum absolute atomic E-state index is 0.288. The van der Waals surface area contributed by atoms with E-state index in [0.717, 1.165) is 11.3 Å². The minimum Gasteiger partial charge on any atom is -0.467 e. The zero-order valence-corrected chi connectivity index (χ0v) is 7.58. The van der Waals surface area contributed by atoms with Gasteiger partial charge < -0.3 is 14.2 Å². The third-order valence-electron chi connectivity index (χ3n) is 2.07. The molecular formula is C10H12O3. The summed E-state index contributed by atoms with van der Waals surface area (Å²) in [6.07, 6.45) is 0.